The highest BCUT2D eigenvalue weighted by atomic mass is 79.9. The third-order valence-electron chi connectivity index (χ3n) is 4.48. The Balaban J connectivity index is 1.51. The van der Waals surface area contributed by atoms with Gasteiger partial charge in [-0.1, -0.05) is 34.1 Å². The van der Waals surface area contributed by atoms with E-state index < -0.39 is 5.56 Å². The third kappa shape index (κ3) is 3.79. The van der Waals surface area contributed by atoms with Crippen molar-refractivity contribution in [2.45, 2.75) is 36.9 Å². The van der Waals surface area contributed by atoms with Crippen molar-refractivity contribution in [3.05, 3.63) is 50.9 Å². The Hall–Kier alpha value is -2.13. The van der Waals surface area contributed by atoms with Crippen molar-refractivity contribution in [1.29, 1.82) is 0 Å². The smallest absolute Gasteiger partial charge is 0.292 e. The van der Waals surface area contributed by atoms with Crippen molar-refractivity contribution < 1.29 is 9.59 Å². The molecule has 27 heavy (non-hydrogen) atoms. The number of hydrogen-bond donors (Lipinski definition) is 1. The highest BCUT2D eigenvalue weighted by molar-refractivity contribution is 9.10. The Morgan fingerprint density at radius 1 is 1.30 bits per heavy atom. The van der Waals surface area contributed by atoms with Crippen LogP contribution < -0.4 is 15.8 Å². The fourth-order valence-electron chi connectivity index (χ4n) is 2.98. The van der Waals surface area contributed by atoms with Crippen molar-refractivity contribution in [2.75, 3.05) is 10.7 Å². The summed E-state index contributed by atoms with van der Waals surface area (Å²) in [5, 5.41) is 6.91. The van der Waals surface area contributed by atoms with Gasteiger partial charge >= 0.3 is 0 Å². The maximum Gasteiger partial charge on any atom is 0.292 e. The van der Waals surface area contributed by atoms with Gasteiger partial charge in [-0.15, -0.1) is 11.8 Å². The minimum absolute atomic E-state index is 0.0526. The summed E-state index contributed by atoms with van der Waals surface area (Å²) in [7, 11) is 0. The number of fused-ring (bicyclic) bond motifs is 1. The van der Waals surface area contributed by atoms with Crippen LogP contribution in [-0.4, -0.2) is 33.4 Å². The van der Waals surface area contributed by atoms with Crippen molar-refractivity contribution >= 4 is 45.2 Å². The molecule has 140 valence electrons. The molecule has 9 heteroatoms. The van der Waals surface area contributed by atoms with Gasteiger partial charge in [0.15, 0.2) is 0 Å². The quantitative estimate of drug-likeness (QED) is 0.754. The molecular weight excluding hydrogens is 432 g/mol. The van der Waals surface area contributed by atoms with Crippen LogP contribution in [0.15, 0.2) is 44.6 Å². The van der Waals surface area contributed by atoms with Gasteiger partial charge in [0.25, 0.3) is 5.56 Å². The predicted octanol–water partition coefficient (Wildman–Crippen LogP) is 1.92. The summed E-state index contributed by atoms with van der Waals surface area (Å²) in [4.78, 5) is 39.7. The molecule has 0 radical (unpaired) electrons. The highest BCUT2D eigenvalue weighted by Gasteiger charge is 2.39. The van der Waals surface area contributed by atoms with Crippen molar-refractivity contribution in [3.8, 4) is 0 Å². The first-order valence-corrected chi connectivity index (χ1v) is 10.4. The number of halogens is 1. The van der Waals surface area contributed by atoms with Gasteiger partial charge in [-0.3, -0.25) is 14.4 Å². The Morgan fingerprint density at radius 2 is 2.07 bits per heavy atom. The van der Waals surface area contributed by atoms with Gasteiger partial charge in [-0.05, 0) is 24.5 Å². The number of anilines is 1. The normalized spacial score (nSPS) is 16.2. The summed E-state index contributed by atoms with van der Waals surface area (Å²) < 4.78 is 2.04. The zero-order valence-corrected chi connectivity index (χ0v) is 16.8. The molecule has 1 aliphatic carbocycles. The van der Waals surface area contributed by atoms with Gasteiger partial charge < -0.3 is 10.2 Å². The second kappa shape index (κ2) is 7.47. The molecule has 2 amide bonds. The van der Waals surface area contributed by atoms with Gasteiger partial charge in [0, 0.05) is 17.1 Å². The van der Waals surface area contributed by atoms with Crippen LogP contribution in [0.4, 0.5) is 5.69 Å². The third-order valence-corrected chi connectivity index (χ3v) is 6.26. The lowest BCUT2D eigenvalue weighted by Gasteiger charge is -2.28. The summed E-state index contributed by atoms with van der Waals surface area (Å²) in [6.45, 7) is 0.163. The maximum absolute atomic E-state index is 12.9. The van der Waals surface area contributed by atoms with E-state index in [4.69, 9.17) is 0 Å². The molecule has 1 aliphatic heterocycles. The van der Waals surface area contributed by atoms with Gasteiger partial charge in [0.1, 0.15) is 12.2 Å². The average Bonchev–Trinajstić information content (AvgIpc) is 3.48. The average molecular weight is 449 g/mol. The van der Waals surface area contributed by atoms with Crippen LogP contribution in [0.5, 0.6) is 0 Å². The van der Waals surface area contributed by atoms with Crippen LogP contribution in [-0.2, 0) is 22.7 Å². The molecule has 0 unspecified atom stereocenters. The molecule has 4 rings (SSSR count). The number of amides is 2. The highest BCUT2D eigenvalue weighted by Crippen LogP contribution is 2.38. The van der Waals surface area contributed by atoms with E-state index in [1.807, 2.05) is 24.3 Å². The largest absolute Gasteiger partial charge is 0.350 e. The molecule has 2 aromatic rings. The molecule has 1 saturated carbocycles. The number of benzene rings is 1. The van der Waals surface area contributed by atoms with Crippen molar-refractivity contribution in [1.82, 2.24) is 15.1 Å². The van der Waals surface area contributed by atoms with Gasteiger partial charge in [0.05, 0.1) is 16.8 Å². The first kappa shape index (κ1) is 18.2. The minimum atomic E-state index is -0.393. The van der Waals surface area contributed by atoms with E-state index in [9.17, 15) is 14.4 Å². The lowest BCUT2D eigenvalue weighted by atomic mass is 10.2. The topological polar surface area (TPSA) is 84.3 Å². The van der Waals surface area contributed by atoms with E-state index >= 15 is 0 Å². The molecular formula is C18H17BrN4O3S. The number of rotatable bonds is 5. The summed E-state index contributed by atoms with van der Waals surface area (Å²) in [6.07, 6.45) is 3.39. The zero-order valence-electron chi connectivity index (χ0n) is 14.4. The predicted molar refractivity (Wildman–Crippen MR) is 106 cm³/mol. The van der Waals surface area contributed by atoms with Crippen molar-refractivity contribution in [2.24, 2.45) is 0 Å². The minimum Gasteiger partial charge on any atom is -0.350 e. The number of nitrogens with zero attached hydrogens (tertiary/aromatic N) is 3. The second-order valence-corrected chi connectivity index (χ2v) is 8.34. The van der Waals surface area contributed by atoms with Gasteiger partial charge in [0.2, 0.25) is 11.8 Å². The molecule has 2 heterocycles. The summed E-state index contributed by atoms with van der Waals surface area (Å²) in [6, 6.07) is 7.70. The molecule has 1 aromatic heterocycles. The molecule has 1 aromatic carbocycles. The molecule has 7 nitrogen and oxygen atoms in total. The van der Waals surface area contributed by atoms with Crippen molar-refractivity contribution in [3.63, 3.8) is 0 Å². The first-order valence-electron chi connectivity index (χ1n) is 8.59. The SMILES string of the molecule is O=C(Cn1ncc2c(c1=O)N(C1CC1)C(=O)CS2)NCc1ccccc1Br. The van der Waals surface area contributed by atoms with Crippen LogP contribution in [0.2, 0.25) is 0 Å². The van der Waals surface area contributed by atoms with E-state index in [0.717, 1.165) is 27.6 Å². The maximum atomic E-state index is 12.9. The number of nitrogens with one attached hydrogen (secondary N) is 1. The molecule has 1 N–H and O–H groups in total. The number of carbonyl (C=O) groups is 2. The fourth-order valence-corrected chi connectivity index (χ4v) is 4.27. The lowest BCUT2D eigenvalue weighted by Crippen LogP contribution is -2.43. The number of thioether (sulfide) groups is 1. The zero-order chi connectivity index (χ0) is 19.0. The molecule has 1 fully saturated rings. The van der Waals surface area contributed by atoms with Crippen LogP contribution in [0.1, 0.15) is 18.4 Å². The van der Waals surface area contributed by atoms with Gasteiger partial charge in [-0.2, -0.15) is 5.10 Å². The van der Waals surface area contributed by atoms with Crippen LogP contribution >= 0.6 is 27.7 Å². The van der Waals surface area contributed by atoms with E-state index in [1.165, 1.54) is 11.8 Å². The van der Waals surface area contributed by atoms with E-state index in [-0.39, 0.29) is 24.4 Å². The Labute approximate surface area is 168 Å². The number of aromatic nitrogens is 2. The second-order valence-electron chi connectivity index (χ2n) is 6.47. The standard InChI is InChI=1S/C18H17BrN4O3S/c19-13-4-2-1-3-11(13)7-20-15(24)9-22-18(26)17-14(8-21-22)27-10-16(25)23(17)12-5-6-12/h1-4,8,12H,5-7,9-10H2,(H,20,24). The summed E-state index contributed by atoms with van der Waals surface area (Å²) in [5.41, 5.74) is 0.918. The van der Waals surface area contributed by atoms with Crippen LogP contribution in [0.3, 0.4) is 0 Å². The van der Waals surface area contributed by atoms with Gasteiger partial charge in [-0.25, -0.2) is 4.68 Å². The lowest BCUT2D eigenvalue weighted by molar-refractivity contribution is -0.122. The first-order chi connectivity index (χ1) is 13.0. The van der Waals surface area contributed by atoms with Crippen LogP contribution in [0, 0.1) is 0 Å². The monoisotopic (exact) mass is 448 g/mol. The Bertz CT molecular complexity index is 973. The number of hydrogen-bond acceptors (Lipinski definition) is 5. The molecule has 0 bridgehead atoms. The number of carbonyl (C=O) groups excluding carboxylic acids is 2. The Kier molecular flexibility index (Phi) is 5.05. The van der Waals surface area contributed by atoms with Crippen LogP contribution in [0.25, 0.3) is 0 Å². The van der Waals surface area contributed by atoms with E-state index in [2.05, 4.69) is 26.3 Å². The Morgan fingerprint density at radius 3 is 2.81 bits per heavy atom. The summed E-state index contributed by atoms with van der Waals surface area (Å²) >= 11 is 4.76. The van der Waals surface area contributed by atoms with E-state index in [1.54, 1.807) is 11.1 Å². The fraction of sp³-hybridized carbons (Fsp3) is 0.333. The summed E-state index contributed by atoms with van der Waals surface area (Å²) in [5.74, 6) is -0.0440. The molecule has 2 aliphatic rings. The molecule has 0 atom stereocenters. The molecule has 0 spiro atoms. The molecule has 0 saturated heterocycles. The van der Waals surface area contributed by atoms with E-state index in [0.29, 0.717) is 22.9 Å².